The summed E-state index contributed by atoms with van der Waals surface area (Å²) in [6.07, 6.45) is 4.87. The summed E-state index contributed by atoms with van der Waals surface area (Å²) in [6, 6.07) is 14.5. The molecule has 3 aliphatic rings. The van der Waals surface area contributed by atoms with Crippen molar-refractivity contribution in [2.75, 3.05) is 13.1 Å². The molecule has 3 heterocycles. The zero-order valence-electron chi connectivity index (χ0n) is 22.5. The molecule has 1 aromatic heterocycles. The fraction of sp³-hybridized carbons (Fsp3) is 0.387. The number of benzene rings is 2. The number of carbonyl (C=O) groups excluding carboxylic acids is 2. The van der Waals surface area contributed by atoms with E-state index >= 15 is 0 Å². The summed E-state index contributed by atoms with van der Waals surface area (Å²) in [5.74, 6) is -1.83. The maximum Gasteiger partial charge on any atom is 0.307 e. The van der Waals surface area contributed by atoms with Crippen LogP contribution in [-0.2, 0) is 29.2 Å². The third kappa shape index (κ3) is 5.32. The second-order valence-corrected chi connectivity index (χ2v) is 11.8. The number of carboxylic acids is 1. The van der Waals surface area contributed by atoms with E-state index in [0.717, 1.165) is 34.0 Å². The van der Waals surface area contributed by atoms with E-state index in [9.17, 15) is 19.5 Å². The van der Waals surface area contributed by atoms with Crippen LogP contribution in [0.3, 0.4) is 0 Å². The smallest absolute Gasteiger partial charge is 0.307 e. The first-order chi connectivity index (χ1) is 19.9. The molecule has 41 heavy (non-hydrogen) atoms. The Hall–Kier alpha value is -3.79. The monoisotopic (exact) mass is 618 g/mol. The zero-order chi connectivity index (χ0) is 28.5. The van der Waals surface area contributed by atoms with Crippen molar-refractivity contribution < 1.29 is 24.2 Å². The normalized spacial score (nSPS) is 21.8. The predicted octanol–water partition coefficient (Wildman–Crippen LogP) is 4.79. The minimum atomic E-state index is -0.919. The van der Waals surface area contributed by atoms with Crippen LogP contribution in [-0.4, -0.2) is 56.0 Å². The summed E-state index contributed by atoms with van der Waals surface area (Å²) in [6.45, 7) is 1.35. The van der Waals surface area contributed by atoms with Crippen LogP contribution in [0.15, 0.2) is 59.2 Å². The molecule has 0 spiro atoms. The average molecular weight is 620 g/mol. The Labute approximate surface area is 246 Å². The molecule has 2 aromatic carbocycles. The SMILES string of the molecule is O=C(O)C1CCCCC1C(=O)N1CCc2c(Br)ccc(OCc3cccnn3)c2[C@H]1CN1Cc2ccccc2C1=O. The van der Waals surface area contributed by atoms with Crippen molar-refractivity contribution in [2.45, 2.75) is 51.3 Å². The predicted molar refractivity (Wildman–Crippen MR) is 153 cm³/mol. The van der Waals surface area contributed by atoms with E-state index in [1.54, 1.807) is 17.2 Å². The number of amides is 2. The summed E-state index contributed by atoms with van der Waals surface area (Å²) in [5, 5.41) is 18.0. The van der Waals surface area contributed by atoms with E-state index < -0.39 is 23.8 Å². The van der Waals surface area contributed by atoms with Gasteiger partial charge in [-0.2, -0.15) is 10.2 Å². The summed E-state index contributed by atoms with van der Waals surface area (Å²) in [7, 11) is 0. The van der Waals surface area contributed by atoms with Crippen molar-refractivity contribution in [3.63, 3.8) is 0 Å². The Kier molecular flexibility index (Phi) is 7.75. The van der Waals surface area contributed by atoms with Crippen molar-refractivity contribution in [1.82, 2.24) is 20.0 Å². The van der Waals surface area contributed by atoms with Crippen LogP contribution in [0.5, 0.6) is 5.75 Å². The van der Waals surface area contributed by atoms with Crippen LogP contribution in [0.4, 0.5) is 0 Å². The van der Waals surface area contributed by atoms with Crippen LogP contribution in [0.1, 0.15) is 64.5 Å². The molecule has 3 aromatic rings. The van der Waals surface area contributed by atoms with Crippen LogP contribution >= 0.6 is 15.9 Å². The number of aliphatic carboxylic acids is 1. The van der Waals surface area contributed by atoms with Gasteiger partial charge in [0.2, 0.25) is 5.91 Å². The first-order valence-electron chi connectivity index (χ1n) is 14.0. The van der Waals surface area contributed by atoms with Crippen molar-refractivity contribution in [3.8, 4) is 5.75 Å². The molecular weight excluding hydrogens is 588 g/mol. The lowest BCUT2D eigenvalue weighted by Gasteiger charge is -2.43. The van der Waals surface area contributed by atoms with E-state index in [0.29, 0.717) is 49.4 Å². The minimum absolute atomic E-state index is 0.0711. The van der Waals surface area contributed by atoms with Crippen molar-refractivity contribution >= 4 is 33.7 Å². The highest BCUT2D eigenvalue weighted by atomic mass is 79.9. The number of nitrogens with zero attached hydrogens (tertiary/aromatic N) is 4. The molecule has 9 nitrogen and oxygen atoms in total. The van der Waals surface area contributed by atoms with Crippen molar-refractivity contribution in [2.24, 2.45) is 11.8 Å². The first-order valence-corrected chi connectivity index (χ1v) is 14.8. The van der Waals surface area contributed by atoms with Crippen LogP contribution < -0.4 is 4.74 Å². The van der Waals surface area contributed by atoms with Crippen molar-refractivity contribution in [3.05, 3.63) is 87.1 Å². The number of carboxylic acid groups (broad SMARTS) is 1. The lowest BCUT2D eigenvalue weighted by atomic mass is 9.77. The molecule has 1 fully saturated rings. The van der Waals surface area contributed by atoms with Gasteiger partial charge >= 0.3 is 5.97 Å². The number of ether oxygens (including phenoxy) is 1. The van der Waals surface area contributed by atoms with Gasteiger partial charge in [0.05, 0.1) is 17.9 Å². The number of hydrogen-bond acceptors (Lipinski definition) is 6. The highest BCUT2D eigenvalue weighted by Crippen LogP contribution is 2.43. The summed E-state index contributed by atoms with van der Waals surface area (Å²) in [5.41, 5.74) is 4.17. The highest BCUT2D eigenvalue weighted by molar-refractivity contribution is 9.10. The lowest BCUT2D eigenvalue weighted by molar-refractivity contribution is -0.153. The maximum atomic E-state index is 14.2. The molecule has 1 saturated carbocycles. The fourth-order valence-corrected chi connectivity index (χ4v) is 7.07. The molecular formula is C31H31BrN4O5. The summed E-state index contributed by atoms with van der Waals surface area (Å²) in [4.78, 5) is 43.4. The van der Waals surface area contributed by atoms with Gasteiger partial charge in [-0.05, 0) is 60.7 Å². The largest absolute Gasteiger partial charge is 0.487 e. The van der Waals surface area contributed by atoms with Crippen LogP contribution in [0.2, 0.25) is 0 Å². The number of carbonyl (C=O) groups is 3. The Morgan fingerprint density at radius 1 is 1.05 bits per heavy atom. The van der Waals surface area contributed by atoms with Crippen LogP contribution in [0.25, 0.3) is 0 Å². The van der Waals surface area contributed by atoms with Gasteiger partial charge in [-0.15, -0.1) is 0 Å². The topological polar surface area (TPSA) is 113 Å². The number of rotatable bonds is 7. The van der Waals surface area contributed by atoms with E-state index in [1.165, 1.54) is 0 Å². The van der Waals surface area contributed by atoms with E-state index in [1.807, 2.05) is 47.4 Å². The molecule has 1 N–H and O–H groups in total. The minimum Gasteiger partial charge on any atom is -0.487 e. The molecule has 6 rings (SSSR count). The van der Waals surface area contributed by atoms with Gasteiger partial charge in [0.1, 0.15) is 18.1 Å². The van der Waals surface area contributed by atoms with E-state index in [4.69, 9.17) is 4.74 Å². The maximum absolute atomic E-state index is 14.2. The van der Waals surface area contributed by atoms with E-state index in [2.05, 4.69) is 26.1 Å². The third-order valence-electron chi connectivity index (χ3n) is 8.55. The Balaban J connectivity index is 1.38. The van der Waals surface area contributed by atoms with Gasteiger partial charge in [0.25, 0.3) is 5.91 Å². The average Bonchev–Trinajstić information content (AvgIpc) is 3.32. The van der Waals surface area contributed by atoms with Gasteiger partial charge in [-0.25, -0.2) is 0 Å². The molecule has 10 heteroatoms. The number of aromatic nitrogens is 2. The van der Waals surface area contributed by atoms with Crippen LogP contribution in [0, 0.1) is 11.8 Å². The molecule has 2 aliphatic heterocycles. The third-order valence-corrected chi connectivity index (χ3v) is 9.29. The Morgan fingerprint density at radius 2 is 1.85 bits per heavy atom. The van der Waals surface area contributed by atoms with E-state index in [-0.39, 0.29) is 25.0 Å². The summed E-state index contributed by atoms with van der Waals surface area (Å²) >= 11 is 3.71. The Bertz CT molecular complexity index is 1480. The summed E-state index contributed by atoms with van der Waals surface area (Å²) < 4.78 is 7.21. The molecule has 0 radical (unpaired) electrons. The molecule has 0 saturated heterocycles. The first kappa shape index (κ1) is 27.4. The van der Waals surface area contributed by atoms with Gasteiger partial charge < -0.3 is 19.6 Å². The highest BCUT2D eigenvalue weighted by Gasteiger charge is 2.44. The second-order valence-electron chi connectivity index (χ2n) is 10.9. The standard InChI is InChI=1S/C31H31BrN4O5/c32-25-11-12-27(41-18-20-7-5-14-33-34-20)28-24(25)13-15-36(30(38)22-9-3-4-10-23(22)31(39)40)26(28)17-35-16-19-6-1-2-8-21(19)29(35)37/h1-2,5-8,11-12,14,22-23,26H,3-4,9-10,13,15-18H2,(H,39,40)/t22?,23?,26-/m1/s1. The molecule has 2 unspecified atom stereocenters. The van der Waals surface area contributed by atoms with Gasteiger partial charge in [-0.3, -0.25) is 14.4 Å². The quantitative estimate of drug-likeness (QED) is 0.405. The molecule has 3 atom stereocenters. The van der Waals surface area contributed by atoms with Crippen molar-refractivity contribution in [1.29, 1.82) is 0 Å². The number of halogens is 1. The number of hydrogen-bond donors (Lipinski definition) is 1. The fourth-order valence-electron chi connectivity index (χ4n) is 6.53. The molecule has 2 amide bonds. The molecule has 1 aliphatic carbocycles. The van der Waals surface area contributed by atoms with Gasteiger partial charge in [0, 0.05) is 41.4 Å². The second kappa shape index (κ2) is 11.6. The molecule has 212 valence electrons. The zero-order valence-corrected chi connectivity index (χ0v) is 24.1. The Morgan fingerprint density at radius 3 is 2.61 bits per heavy atom. The number of fused-ring (bicyclic) bond motifs is 2. The lowest BCUT2D eigenvalue weighted by Crippen LogP contribution is -2.50. The molecule has 0 bridgehead atoms. The van der Waals surface area contributed by atoms with Gasteiger partial charge in [0.15, 0.2) is 0 Å². The van der Waals surface area contributed by atoms with Gasteiger partial charge in [-0.1, -0.05) is 47.0 Å².